The van der Waals surface area contributed by atoms with Crippen molar-refractivity contribution in [3.63, 3.8) is 0 Å². The molecule has 0 saturated carbocycles. The zero-order valence-corrected chi connectivity index (χ0v) is 20.8. The largest absolute Gasteiger partial charge is 0.495 e. The summed E-state index contributed by atoms with van der Waals surface area (Å²) in [6.07, 6.45) is 0. The molecule has 2 atom stereocenters. The van der Waals surface area contributed by atoms with Gasteiger partial charge in [0.2, 0.25) is 0 Å². The first-order valence-electron chi connectivity index (χ1n) is 10.4. The van der Waals surface area contributed by atoms with Crippen LogP contribution < -0.4 is 19.7 Å². The molecule has 1 aliphatic heterocycles. The molecule has 0 aliphatic carbocycles. The van der Waals surface area contributed by atoms with Gasteiger partial charge in [-0.3, -0.25) is 4.72 Å². The summed E-state index contributed by atoms with van der Waals surface area (Å²) in [5, 5.41) is 3.48. The quantitative estimate of drug-likeness (QED) is 0.477. The van der Waals surface area contributed by atoms with Crippen LogP contribution in [-0.2, 0) is 10.0 Å². The topological polar surface area (TPSA) is 70.7 Å². The molecule has 33 heavy (non-hydrogen) atoms. The lowest BCUT2D eigenvalue weighted by Crippen LogP contribution is -2.54. The Kier molecular flexibility index (Phi) is 6.86. The molecule has 2 aromatic carbocycles. The van der Waals surface area contributed by atoms with Crippen molar-refractivity contribution in [2.24, 2.45) is 0 Å². The van der Waals surface area contributed by atoms with Crippen LogP contribution in [0.1, 0.15) is 13.8 Å². The van der Waals surface area contributed by atoms with Crippen molar-refractivity contribution < 1.29 is 17.5 Å². The number of benzene rings is 2. The van der Waals surface area contributed by atoms with Crippen molar-refractivity contribution in [2.45, 2.75) is 30.1 Å². The molecule has 4 rings (SSSR count). The highest BCUT2D eigenvalue weighted by Gasteiger charge is 2.25. The van der Waals surface area contributed by atoms with Gasteiger partial charge in [0.1, 0.15) is 15.8 Å². The Morgan fingerprint density at radius 1 is 1.12 bits per heavy atom. The van der Waals surface area contributed by atoms with Gasteiger partial charge in [0, 0.05) is 30.1 Å². The van der Waals surface area contributed by atoms with Crippen molar-refractivity contribution in [2.75, 3.05) is 29.8 Å². The van der Waals surface area contributed by atoms with E-state index in [1.54, 1.807) is 37.4 Å². The zero-order valence-electron chi connectivity index (χ0n) is 18.4. The molecule has 1 aliphatic rings. The minimum atomic E-state index is -3.82. The first kappa shape index (κ1) is 23.8. The fourth-order valence-electron chi connectivity index (χ4n) is 4.00. The van der Waals surface area contributed by atoms with E-state index < -0.39 is 15.8 Å². The van der Waals surface area contributed by atoms with E-state index in [2.05, 4.69) is 28.8 Å². The smallest absolute Gasteiger partial charge is 0.271 e. The number of nitrogens with one attached hydrogen (secondary N) is 2. The monoisotopic (exact) mass is 509 g/mol. The van der Waals surface area contributed by atoms with Gasteiger partial charge in [0.25, 0.3) is 10.0 Å². The van der Waals surface area contributed by atoms with Gasteiger partial charge in [-0.2, -0.15) is 0 Å². The van der Waals surface area contributed by atoms with Crippen molar-refractivity contribution in [3.8, 4) is 16.2 Å². The van der Waals surface area contributed by atoms with Gasteiger partial charge in [-0.1, -0.05) is 17.7 Å². The highest BCUT2D eigenvalue weighted by molar-refractivity contribution is 7.94. The van der Waals surface area contributed by atoms with E-state index in [-0.39, 0.29) is 9.23 Å². The van der Waals surface area contributed by atoms with Gasteiger partial charge in [-0.05, 0) is 61.9 Å². The average Bonchev–Trinajstić information content (AvgIpc) is 3.26. The summed E-state index contributed by atoms with van der Waals surface area (Å²) in [5.41, 5.74) is 1.94. The minimum Gasteiger partial charge on any atom is -0.495 e. The summed E-state index contributed by atoms with van der Waals surface area (Å²) in [5.74, 6) is 0.168. The van der Waals surface area contributed by atoms with E-state index in [4.69, 9.17) is 16.3 Å². The van der Waals surface area contributed by atoms with Crippen LogP contribution in [0.25, 0.3) is 10.4 Å². The second-order valence-electron chi connectivity index (χ2n) is 8.11. The molecule has 0 spiro atoms. The van der Waals surface area contributed by atoms with Crippen molar-refractivity contribution in [1.82, 2.24) is 5.32 Å². The summed E-state index contributed by atoms with van der Waals surface area (Å²) in [7, 11) is -2.21. The van der Waals surface area contributed by atoms with E-state index >= 15 is 0 Å². The molecule has 1 saturated heterocycles. The van der Waals surface area contributed by atoms with E-state index in [1.807, 2.05) is 0 Å². The Hall–Kier alpha value is -2.33. The summed E-state index contributed by atoms with van der Waals surface area (Å²) >= 11 is 6.96. The first-order chi connectivity index (χ1) is 15.7. The molecule has 1 aromatic heterocycles. The van der Waals surface area contributed by atoms with Crippen LogP contribution in [0.3, 0.4) is 0 Å². The number of nitrogens with zero attached hydrogens (tertiary/aromatic N) is 1. The molecule has 2 N–H and O–H groups in total. The van der Waals surface area contributed by atoms with Crippen LogP contribution in [0.2, 0.25) is 5.02 Å². The Balaban J connectivity index is 1.59. The lowest BCUT2D eigenvalue weighted by molar-refractivity contribution is 0.391. The summed E-state index contributed by atoms with van der Waals surface area (Å²) in [4.78, 5) is 2.88. The maximum atomic E-state index is 13.5. The maximum Gasteiger partial charge on any atom is 0.271 e. The van der Waals surface area contributed by atoms with Crippen LogP contribution in [0.4, 0.5) is 15.8 Å². The van der Waals surface area contributed by atoms with Gasteiger partial charge in [0.15, 0.2) is 0 Å². The second-order valence-corrected chi connectivity index (χ2v) is 11.5. The number of piperazine rings is 1. The standard InChI is InChI=1S/C23H25ClFN3O3S2/c1-14-12-28(13-15(2)26-14)20-11-17(5-7-21(20)31-3)27-33(29,30)23-9-8-22(32-23)16-4-6-19(25)18(24)10-16/h4-11,14-15,26-27H,12-13H2,1-3H3. The molecule has 10 heteroatoms. The molecule has 3 aromatic rings. The molecule has 0 radical (unpaired) electrons. The number of methoxy groups -OCH3 is 1. The molecule has 0 bridgehead atoms. The average molecular weight is 510 g/mol. The van der Waals surface area contributed by atoms with Crippen molar-refractivity contribution >= 4 is 44.3 Å². The Morgan fingerprint density at radius 3 is 2.52 bits per heavy atom. The third-order valence-corrected chi connectivity index (χ3v) is 8.68. The number of ether oxygens (including phenoxy) is 1. The van der Waals surface area contributed by atoms with Crippen LogP contribution in [0.5, 0.6) is 5.75 Å². The lowest BCUT2D eigenvalue weighted by Gasteiger charge is -2.38. The number of thiophene rings is 1. The highest BCUT2D eigenvalue weighted by atomic mass is 35.5. The van der Waals surface area contributed by atoms with Gasteiger partial charge in [-0.15, -0.1) is 11.3 Å². The third-order valence-electron chi connectivity index (χ3n) is 5.38. The number of sulfonamides is 1. The van der Waals surface area contributed by atoms with E-state index in [1.165, 1.54) is 18.2 Å². The van der Waals surface area contributed by atoms with Crippen LogP contribution in [0, 0.1) is 5.82 Å². The summed E-state index contributed by atoms with van der Waals surface area (Å²) in [6.45, 7) is 5.80. The predicted molar refractivity (Wildman–Crippen MR) is 133 cm³/mol. The predicted octanol–water partition coefficient (Wildman–Crippen LogP) is 5.20. The fourth-order valence-corrected chi connectivity index (χ4v) is 6.53. The molecule has 2 unspecified atom stereocenters. The Labute approximate surface area is 202 Å². The Bertz CT molecular complexity index is 1260. The maximum absolute atomic E-state index is 13.5. The number of hydrogen-bond acceptors (Lipinski definition) is 6. The van der Waals surface area contributed by atoms with Gasteiger partial charge < -0.3 is 15.0 Å². The van der Waals surface area contributed by atoms with Crippen LogP contribution >= 0.6 is 22.9 Å². The van der Waals surface area contributed by atoms with E-state index in [0.717, 1.165) is 30.1 Å². The molecule has 176 valence electrons. The van der Waals surface area contributed by atoms with E-state index in [0.29, 0.717) is 34.0 Å². The first-order valence-corrected chi connectivity index (χ1v) is 13.1. The molecule has 1 fully saturated rings. The summed E-state index contributed by atoms with van der Waals surface area (Å²) < 4.78 is 48.0. The Morgan fingerprint density at radius 2 is 1.85 bits per heavy atom. The molecular formula is C23H25ClFN3O3S2. The minimum absolute atomic E-state index is 0.00857. The third kappa shape index (κ3) is 5.27. The second kappa shape index (κ2) is 9.50. The number of anilines is 2. The highest BCUT2D eigenvalue weighted by Crippen LogP contribution is 2.36. The van der Waals surface area contributed by atoms with Gasteiger partial charge >= 0.3 is 0 Å². The van der Waals surface area contributed by atoms with Crippen LogP contribution in [-0.4, -0.2) is 40.7 Å². The van der Waals surface area contributed by atoms with E-state index in [9.17, 15) is 12.8 Å². The molecule has 6 nitrogen and oxygen atoms in total. The number of hydrogen-bond donors (Lipinski definition) is 2. The van der Waals surface area contributed by atoms with Crippen LogP contribution in [0.15, 0.2) is 52.7 Å². The fraction of sp³-hybridized carbons (Fsp3) is 0.304. The van der Waals surface area contributed by atoms with Gasteiger partial charge in [0.05, 0.1) is 23.5 Å². The van der Waals surface area contributed by atoms with Crippen molar-refractivity contribution in [3.05, 3.63) is 59.4 Å². The van der Waals surface area contributed by atoms with Crippen molar-refractivity contribution in [1.29, 1.82) is 0 Å². The molecular weight excluding hydrogens is 485 g/mol. The molecule has 2 heterocycles. The zero-order chi connectivity index (χ0) is 23.8. The summed E-state index contributed by atoms with van der Waals surface area (Å²) in [6, 6.07) is 13.4. The number of rotatable bonds is 6. The number of halogens is 2. The normalized spacial score (nSPS) is 18.9. The molecule has 0 amide bonds. The SMILES string of the molecule is COc1ccc(NS(=O)(=O)c2ccc(-c3ccc(F)c(Cl)c3)s2)cc1N1CC(C)NC(C)C1. The van der Waals surface area contributed by atoms with Gasteiger partial charge in [-0.25, -0.2) is 12.8 Å². The lowest BCUT2D eigenvalue weighted by atomic mass is 10.1.